The summed E-state index contributed by atoms with van der Waals surface area (Å²) >= 11 is 7.75. The number of aliphatic carboxylic acids is 1. The minimum Gasteiger partial charge on any atom is -0.481 e. The van der Waals surface area contributed by atoms with Gasteiger partial charge in [0.2, 0.25) is 0 Å². The summed E-state index contributed by atoms with van der Waals surface area (Å²) in [7, 11) is 0. The highest BCUT2D eigenvalue weighted by atomic mass is 35.5. The Kier molecular flexibility index (Phi) is 5.71. The van der Waals surface area contributed by atoms with E-state index in [1.807, 2.05) is 12.1 Å². The molecule has 1 aromatic carbocycles. The summed E-state index contributed by atoms with van der Waals surface area (Å²) in [5.74, 6) is 0.561. The number of halogens is 1. The van der Waals surface area contributed by atoms with Gasteiger partial charge in [0, 0.05) is 5.02 Å². The maximum Gasteiger partial charge on any atom is 0.311 e. The van der Waals surface area contributed by atoms with Gasteiger partial charge in [0.1, 0.15) is 0 Å². The molecule has 1 atom stereocenters. The van der Waals surface area contributed by atoms with Crippen LogP contribution < -0.4 is 0 Å². The van der Waals surface area contributed by atoms with Crippen molar-refractivity contribution in [1.82, 2.24) is 0 Å². The van der Waals surface area contributed by atoms with Gasteiger partial charge in [-0.25, -0.2) is 0 Å². The molecule has 0 bridgehead atoms. The number of hydrogen-bond acceptors (Lipinski definition) is 2. The summed E-state index contributed by atoms with van der Waals surface area (Å²) in [5, 5.41) is 9.72. The van der Waals surface area contributed by atoms with Crippen molar-refractivity contribution in [1.29, 1.82) is 0 Å². The zero-order chi connectivity index (χ0) is 12.0. The van der Waals surface area contributed by atoms with Crippen LogP contribution in [-0.2, 0) is 4.79 Å². The molecule has 0 saturated heterocycles. The molecule has 1 N–H and O–H groups in total. The predicted octanol–water partition coefficient (Wildman–Crippen LogP) is 3.65. The Balaban J connectivity index is 2.78. The van der Waals surface area contributed by atoms with Crippen molar-refractivity contribution >= 4 is 29.3 Å². The van der Waals surface area contributed by atoms with Crippen molar-refractivity contribution in [3.05, 3.63) is 34.9 Å². The van der Waals surface area contributed by atoms with E-state index in [4.69, 9.17) is 11.6 Å². The number of thioether (sulfide) groups is 1. The maximum absolute atomic E-state index is 11.2. The average molecular weight is 259 g/mol. The van der Waals surface area contributed by atoms with E-state index in [9.17, 15) is 9.90 Å². The summed E-state index contributed by atoms with van der Waals surface area (Å²) in [6.07, 6.45) is 0.623. The largest absolute Gasteiger partial charge is 0.481 e. The minimum absolute atomic E-state index is 0.493. The van der Waals surface area contributed by atoms with Crippen LogP contribution in [-0.4, -0.2) is 22.6 Å². The molecule has 0 fully saturated rings. The number of carboxylic acid groups (broad SMARTS) is 1. The monoisotopic (exact) mass is 258 g/mol. The normalized spacial score (nSPS) is 12.4. The highest BCUT2D eigenvalue weighted by Gasteiger charge is 2.21. The van der Waals surface area contributed by atoms with Crippen LogP contribution in [0, 0.1) is 0 Å². The molecule has 0 aliphatic heterocycles. The molecule has 16 heavy (non-hydrogen) atoms. The van der Waals surface area contributed by atoms with Crippen LogP contribution in [0.2, 0.25) is 5.02 Å². The van der Waals surface area contributed by atoms with Gasteiger partial charge >= 0.3 is 5.97 Å². The van der Waals surface area contributed by atoms with Gasteiger partial charge in [0.25, 0.3) is 0 Å². The quantitative estimate of drug-likeness (QED) is 0.792. The van der Waals surface area contributed by atoms with Gasteiger partial charge in [-0.05, 0) is 29.6 Å². The molecule has 2 nitrogen and oxygen atoms in total. The number of carboxylic acids is 1. The van der Waals surface area contributed by atoms with Crippen molar-refractivity contribution < 1.29 is 9.90 Å². The lowest BCUT2D eigenvalue weighted by Crippen LogP contribution is -2.13. The first kappa shape index (κ1) is 13.4. The van der Waals surface area contributed by atoms with Crippen molar-refractivity contribution in [2.75, 3.05) is 11.5 Å². The van der Waals surface area contributed by atoms with Crippen LogP contribution in [0.3, 0.4) is 0 Å². The summed E-state index contributed by atoms with van der Waals surface area (Å²) < 4.78 is 0. The van der Waals surface area contributed by atoms with E-state index in [-0.39, 0.29) is 0 Å². The summed E-state index contributed by atoms with van der Waals surface area (Å²) in [5.41, 5.74) is 0.716. The lowest BCUT2D eigenvalue weighted by molar-refractivity contribution is -0.138. The van der Waals surface area contributed by atoms with Crippen LogP contribution in [0.1, 0.15) is 24.8 Å². The number of hydrogen-bond donors (Lipinski definition) is 1. The second-order valence-electron chi connectivity index (χ2n) is 3.40. The maximum atomic E-state index is 11.2. The summed E-state index contributed by atoms with van der Waals surface area (Å²) in [6, 6.07) is 7.16. The lowest BCUT2D eigenvalue weighted by Gasteiger charge is -2.13. The van der Waals surface area contributed by atoms with Gasteiger partial charge < -0.3 is 5.11 Å². The average Bonchev–Trinajstić information content (AvgIpc) is 2.25. The van der Waals surface area contributed by atoms with Crippen molar-refractivity contribution in [2.45, 2.75) is 19.3 Å². The molecule has 0 amide bonds. The third kappa shape index (κ3) is 3.72. The molecule has 0 radical (unpaired) electrons. The fraction of sp³-hybridized carbons (Fsp3) is 0.417. The molecule has 0 spiro atoms. The predicted molar refractivity (Wildman–Crippen MR) is 69.4 cm³/mol. The van der Waals surface area contributed by atoms with Crippen molar-refractivity contribution in [2.24, 2.45) is 0 Å². The van der Waals surface area contributed by atoms with Crippen LogP contribution in [0.15, 0.2) is 24.3 Å². The number of benzene rings is 1. The molecular formula is C12H15ClO2S. The van der Waals surface area contributed by atoms with Crippen LogP contribution >= 0.6 is 23.4 Å². The number of rotatable bonds is 6. The Morgan fingerprint density at radius 2 is 2.19 bits per heavy atom. The Bertz CT molecular complexity index is 355. The van der Waals surface area contributed by atoms with Gasteiger partial charge in [-0.3, -0.25) is 4.79 Å². The Labute approximate surface area is 105 Å². The van der Waals surface area contributed by atoms with E-state index in [2.05, 4.69) is 6.92 Å². The van der Waals surface area contributed by atoms with Gasteiger partial charge in [-0.1, -0.05) is 36.7 Å². The minimum atomic E-state index is -0.801. The van der Waals surface area contributed by atoms with Crippen LogP contribution in [0.25, 0.3) is 0 Å². The third-order valence-corrected chi connectivity index (χ3v) is 3.61. The zero-order valence-corrected chi connectivity index (χ0v) is 10.7. The molecule has 0 aliphatic carbocycles. The SMILES string of the molecule is CCSCCC(C(=O)O)c1ccccc1Cl. The molecule has 88 valence electrons. The smallest absolute Gasteiger partial charge is 0.311 e. The van der Waals surface area contributed by atoms with E-state index in [1.165, 1.54) is 0 Å². The first-order valence-electron chi connectivity index (χ1n) is 5.21. The summed E-state index contributed by atoms with van der Waals surface area (Å²) in [6.45, 7) is 2.07. The van der Waals surface area contributed by atoms with Crippen molar-refractivity contribution in [3.63, 3.8) is 0 Å². The fourth-order valence-electron chi connectivity index (χ4n) is 1.52. The first-order valence-corrected chi connectivity index (χ1v) is 6.75. The Hall–Kier alpha value is -0.670. The molecule has 1 rings (SSSR count). The van der Waals surface area contributed by atoms with E-state index in [1.54, 1.807) is 23.9 Å². The molecule has 4 heteroatoms. The molecule has 1 aromatic rings. The molecule has 0 aromatic heterocycles. The third-order valence-electron chi connectivity index (χ3n) is 2.33. The van der Waals surface area contributed by atoms with Gasteiger partial charge in [-0.15, -0.1) is 0 Å². The highest BCUT2D eigenvalue weighted by Crippen LogP contribution is 2.28. The van der Waals surface area contributed by atoms with Crippen LogP contribution in [0.4, 0.5) is 0 Å². The second kappa shape index (κ2) is 6.81. The standard InChI is InChI=1S/C12H15ClO2S/c1-2-16-8-7-10(12(14)15)9-5-3-4-6-11(9)13/h3-6,10H,2,7-8H2,1H3,(H,14,15). The second-order valence-corrected chi connectivity index (χ2v) is 5.20. The Morgan fingerprint density at radius 3 is 2.75 bits per heavy atom. The Morgan fingerprint density at radius 1 is 1.50 bits per heavy atom. The lowest BCUT2D eigenvalue weighted by atomic mass is 9.97. The van der Waals surface area contributed by atoms with E-state index < -0.39 is 11.9 Å². The van der Waals surface area contributed by atoms with Crippen molar-refractivity contribution in [3.8, 4) is 0 Å². The van der Waals surface area contributed by atoms with E-state index >= 15 is 0 Å². The fourth-order valence-corrected chi connectivity index (χ4v) is 2.47. The highest BCUT2D eigenvalue weighted by molar-refractivity contribution is 7.99. The topological polar surface area (TPSA) is 37.3 Å². The molecule has 0 heterocycles. The van der Waals surface area contributed by atoms with E-state index in [0.717, 1.165) is 11.5 Å². The molecule has 0 aliphatic rings. The molecular weight excluding hydrogens is 244 g/mol. The van der Waals surface area contributed by atoms with Gasteiger partial charge in [0.15, 0.2) is 0 Å². The first-order chi connectivity index (χ1) is 7.66. The number of carbonyl (C=O) groups is 1. The zero-order valence-electron chi connectivity index (χ0n) is 9.15. The van der Waals surface area contributed by atoms with E-state index in [0.29, 0.717) is 17.0 Å². The molecule has 0 saturated carbocycles. The molecule has 1 unspecified atom stereocenters. The van der Waals surface area contributed by atoms with Gasteiger partial charge in [-0.2, -0.15) is 11.8 Å². The van der Waals surface area contributed by atoms with Crippen LogP contribution in [0.5, 0.6) is 0 Å². The summed E-state index contributed by atoms with van der Waals surface area (Å²) in [4.78, 5) is 11.2. The van der Waals surface area contributed by atoms with Gasteiger partial charge in [0.05, 0.1) is 5.92 Å².